The topological polar surface area (TPSA) is 98.2 Å². The van der Waals surface area contributed by atoms with Gasteiger partial charge in [0, 0.05) is 51.2 Å². The van der Waals surface area contributed by atoms with E-state index >= 15 is 0 Å². The molecular weight excluding hydrogens is 496 g/mol. The van der Waals surface area contributed by atoms with Gasteiger partial charge in [-0.05, 0) is 42.7 Å². The SMILES string of the molecule is COC(=O)NC1CCN(c2cc3c(cc2C#N)C(=O)c2c([nH]c4cc(Br)ccc24)C3(C)C)CC1. The number of nitriles is 1. The Morgan fingerprint density at radius 3 is 2.68 bits per heavy atom. The fourth-order valence-corrected chi connectivity index (χ4v) is 5.64. The van der Waals surface area contributed by atoms with Crippen molar-refractivity contribution in [1.82, 2.24) is 10.3 Å². The van der Waals surface area contributed by atoms with Crippen molar-refractivity contribution in [3.63, 3.8) is 0 Å². The minimum absolute atomic E-state index is 0.0399. The van der Waals surface area contributed by atoms with Crippen LogP contribution >= 0.6 is 15.9 Å². The number of amides is 1. The molecule has 1 aromatic heterocycles. The predicted molar refractivity (Wildman–Crippen MR) is 133 cm³/mol. The summed E-state index contributed by atoms with van der Waals surface area (Å²) in [4.78, 5) is 30.9. The van der Waals surface area contributed by atoms with Crippen LogP contribution in [0.1, 0.15) is 59.4 Å². The molecule has 2 N–H and O–H groups in total. The molecule has 0 saturated carbocycles. The van der Waals surface area contributed by atoms with Crippen LogP contribution in [0.4, 0.5) is 10.5 Å². The number of ether oxygens (including phenoxy) is 1. The Kier molecular flexibility index (Phi) is 5.40. The molecule has 1 fully saturated rings. The Bertz CT molecular complexity index is 1380. The summed E-state index contributed by atoms with van der Waals surface area (Å²) in [5.41, 5.74) is 4.88. The smallest absolute Gasteiger partial charge is 0.407 e. The molecule has 0 spiro atoms. The van der Waals surface area contributed by atoms with Gasteiger partial charge in [-0.25, -0.2) is 4.79 Å². The average Bonchev–Trinajstić information content (AvgIpc) is 3.22. The molecular formula is C26H25BrN4O3. The number of anilines is 1. The van der Waals surface area contributed by atoms with Gasteiger partial charge in [0.2, 0.25) is 0 Å². The van der Waals surface area contributed by atoms with Crippen LogP contribution in [-0.4, -0.2) is 43.1 Å². The number of hydrogen-bond acceptors (Lipinski definition) is 5. The fraction of sp³-hybridized carbons (Fsp3) is 0.346. The van der Waals surface area contributed by atoms with Crippen LogP contribution in [0.5, 0.6) is 0 Å². The highest BCUT2D eigenvalue weighted by Crippen LogP contribution is 2.46. The zero-order chi connectivity index (χ0) is 24.2. The maximum Gasteiger partial charge on any atom is 0.407 e. The van der Waals surface area contributed by atoms with Crippen molar-refractivity contribution in [1.29, 1.82) is 5.26 Å². The van der Waals surface area contributed by atoms with Crippen LogP contribution in [-0.2, 0) is 10.2 Å². The molecule has 7 nitrogen and oxygen atoms in total. The molecule has 0 unspecified atom stereocenters. The number of H-pyrrole nitrogens is 1. The van der Waals surface area contributed by atoms with Crippen molar-refractivity contribution < 1.29 is 14.3 Å². The normalized spacial score (nSPS) is 17.1. The highest BCUT2D eigenvalue weighted by atomic mass is 79.9. The molecule has 1 aliphatic carbocycles. The molecule has 1 amide bonds. The first-order valence-corrected chi connectivity index (χ1v) is 12.1. The van der Waals surface area contributed by atoms with E-state index in [4.69, 9.17) is 4.74 Å². The van der Waals surface area contributed by atoms with Gasteiger partial charge in [-0.15, -0.1) is 0 Å². The van der Waals surface area contributed by atoms with Crippen molar-refractivity contribution in [2.75, 3.05) is 25.1 Å². The highest BCUT2D eigenvalue weighted by molar-refractivity contribution is 9.10. The summed E-state index contributed by atoms with van der Waals surface area (Å²) in [5, 5.41) is 13.7. The second-order valence-corrected chi connectivity index (χ2v) is 10.4. The van der Waals surface area contributed by atoms with E-state index < -0.39 is 11.5 Å². The number of nitrogens with one attached hydrogen (secondary N) is 2. The number of rotatable bonds is 2. The van der Waals surface area contributed by atoms with Crippen molar-refractivity contribution >= 4 is 44.4 Å². The van der Waals surface area contributed by atoms with Gasteiger partial charge in [-0.2, -0.15) is 5.26 Å². The minimum atomic E-state index is -0.447. The number of aromatic amines is 1. The average molecular weight is 521 g/mol. The van der Waals surface area contributed by atoms with Crippen molar-refractivity contribution in [2.24, 2.45) is 0 Å². The number of ketones is 1. The van der Waals surface area contributed by atoms with E-state index in [1.54, 1.807) is 6.07 Å². The molecule has 3 aromatic rings. The fourth-order valence-electron chi connectivity index (χ4n) is 5.28. The zero-order valence-electron chi connectivity index (χ0n) is 19.3. The predicted octanol–water partition coefficient (Wildman–Crippen LogP) is 5.00. The Hall–Kier alpha value is -3.31. The van der Waals surface area contributed by atoms with Gasteiger partial charge < -0.3 is 19.9 Å². The lowest BCUT2D eigenvalue weighted by Crippen LogP contribution is -2.45. The second kappa shape index (κ2) is 8.17. The third-order valence-electron chi connectivity index (χ3n) is 7.13. The van der Waals surface area contributed by atoms with E-state index in [2.05, 4.69) is 51.0 Å². The standard InChI is InChI=1S/C26H25BrN4O3/c1-26(2)19-12-21(31-8-6-16(7-9-31)29-25(33)34-3)14(13-28)10-18(19)23(32)22-17-5-4-15(27)11-20(17)30-24(22)26/h4-5,10-12,16,30H,6-9H2,1-3H3,(H,29,33). The van der Waals surface area contributed by atoms with Crippen molar-refractivity contribution in [2.45, 2.75) is 38.1 Å². The number of hydrogen-bond donors (Lipinski definition) is 2. The molecule has 8 heteroatoms. The molecule has 2 aromatic carbocycles. The monoisotopic (exact) mass is 520 g/mol. The molecule has 1 saturated heterocycles. The Balaban J connectivity index is 1.55. The summed E-state index contributed by atoms with van der Waals surface area (Å²) in [7, 11) is 1.36. The minimum Gasteiger partial charge on any atom is -0.453 e. The summed E-state index contributed by atoms with van der Waals surface area (Å²) in [6.07, 6.45) is 1.08. The first-order valence-electron chi connectivity index (χ1n) is 11.3. The molecule has 1 aliphatic heterocycles. The number of methoxy groups -OCH3 is 1. The third kappa shape index (κ3) is 3.46. The van der Waals surface area contributed by atoms with Crippen LogP contribution < -0.4 is 10.2 Å². The Morgan fingerprint density at radius 1 is 1.26 bits per heavy atom. The summed E-state index contributed by atoms with van der Waals surface area (Å²) in [6, 6.07) is 12.0. The quantitative estimate of drug-likeness (QED) is 0.495. The second-order valence-electron chi connectivity index (χ2n) is 9.44. The lowest BCUT2D eigenvalue weighted by atomic mass is 9.70. The number of carbonyl (C=O) groups is 2. The van der Waals surface area contributed by atoms with Gasteiger partial charge in [0.1, 0.15) is 6.07 Å². The van der Waals surface area contributed by atoms with E-state index in [1.165, 1.54) is 7.11 Å². The zero-order valence-corrected chi connectivity index (χ0v) is 20.9. The molecule has 2 heterocycles. The van der Waals surface area contributed by atoms with Gasteiger partial charge in [-0.3, -0.25) is 4.79 Å². The van der Waals surface area contributed by atoms with Gasteiger partial charge in [0.25, 0.3) is 0 Å². The summed E-state index contributed by atoms with van der Waals surface area (Å²) in [5.74, 6) is -0.0538. The summed E-state index contributed by atoms with van der Waals surface area (Å²) >= 11 is 3.51. The van der Waals surface area contributed by atoms with Crippen LogP contribution in [0.25, 0.3) is 10.9 Å². The van der Waals surface area contributed by atoms with Gasteiger partial charge in [0.15, 0.2) is 5.78 Å². The molecule has 0 atom stereocenters. The van der Waals surface area contributed by atoms with Crippen LogP contribution in [0.15, 0.2) is 34.8 Å². The van der Waals surface area contributed by atoms with Gasteiger partial charge in [-0.1, -0.05) is 35.8 Å². The largest absolute Gasteiger partial charge is 0.453 e. The molecule has 174 valence electrons. The van der Waals surface area contributed by atoms with E-state index in [0.717, 1.165) is 45.2 Å². The maximum atomic E-state index is 13.7. The first kappa shape index (κ1) is 22.5. The lowest BCUT2D eigenvalue weighted by Gasteiger charge is -2.37. The van der Waals surface area contributed by atoms with Crippen molar-refractivity contribution in [3.8, 4) is 6.07 Å². The summed E-state index contributed by atoms with van der Waals surface area (Å²) in [6.45, 7) is 5.62. The van der Waals surface area contributed by atoms with E-state index in [1.807, 2.05) is 24.3 Å². The van der Waals surface area contributed by atoms with E-state index in [9.17, 15) is 14.9 Å². The van der Waals surface area contributed by atoms with Gasteiger partial charge >= 0.3 is 6.09 Å². The maximum absolute atomic E-state index is 13.7. The Labute approximate surface area is 206 Å². The van der Waals surface area contributed by atoms with Crippen LogP contribution in [0.3, 0.4) is 0 Å². The first-order chi connectivity index (χ1) is 16.2. The van der Waals surface area contributed by atoms with E-state index in [-0.39, 0.29) is 11.8 Å². The highest BCUT2D eigenvalue weighted by Gasteiger charge is 2.40. The summed E-state index contributed by atoms with van der Waals surface area (Å²) < 4.78 is 5.65. The number of benzene rings is 2. The molecule has 2 aliphatic rings. The van der Waals surface area contributed by atoms with Crippen LogP contribution in [0.2, 0.25) is 0 Å². The number of piperidine rings is 1. The Morgan fingerprint density at radius 2 is 2.00 bits per heavy atom. The number of carbonyl (C=O) groups excluding carboxylic acids is 2. The molecule has 5 rings (SSSR count). The van der Waals surface area contributed by atoms with Crippen LogP contribution in [0, 0.1) is 11.3 Å². The number of alkyl carbamates (subject to hydrolysis) is 1. The van der Waals surface area contributed by atoms with Gasteiger partial charge in [0.05, 0.1) is 23.9 Å². The lowest BCUT2D eigenvalue weighted by molar-refractivity contribution is 0.103. The number of fused-ring (bicyclic) bond motifs is 4. The van der Waals surface area contributed by atoms with E-state index in [0.29, 0.717) is 29.8 Å². The number of nitrogens with zero attached hydrogens (tertiary/aromatic N) is 2. The third-order valence-corrected chi connectivity index (χ3v) is 7.62. The molecule has 0 radical (unpaired) electrons. The molecule has 0 bridgehead atoms. The molecule has 34 heavy (non-hydrogen) atoms. The van der Waals surface area contributed by atoms with Crippen molar-refractivity contribution in [3.05, 3.63) is 62.8 Å². The number of aromatic nitrogens is 1. The number of halogens is 1.